The van der Waals surface area contributed by atoms with Gasteiger partial charge < -0.3 is 14.3 Å². The highest BCUT2D eigenvalue weighted by Crippen LogP contribution is 2.20. The van der Waals surface area contributed by atoms with E-state index in [0.717, 1.165) is 42.4 Å². The third-order valence-corrected chi connectivity index (χ3v) is 4.25. The number of benzene rings is 1. The highest BCUT2D eigenvalue weighted by Gasteiger charge is 2.22. The number of rotatable bonds is 5. The molecule has 0 spiro atoms. The van der Waals surface area contributed by atoms with E-state index >= 15 is 0 Å². The van der Waals surface area contributed by atoms with Gasteiger partial charge in [0.2, 0.25) is 0 Å². The number of aliphatic hydroxyl groups excluding tert-OH is 1. The second-order valence-electron chi connectivity index (χ2n) is 5.55. The van der Waals surface area contributed by atoms with Crippen molar-refractivity contribution in [2.45, 2.75) is 25.7 Å². The van der Waals surface area contributed by atoms with Crippen molar-refractivity contribution in [2.24, 2.45) is 0 Å². The van der Waals surface area contributed by atoms with Gasteiger partial charge in [0.25, 0.3) is 0 Å². The van der Waals surface area contributed by atoms with Gasteiger partial charge in [0.15, 0.2) is 0 Å². The van der Waals surface area contributed by atoms with Crippen molar-refractivity contribution >= 4 is 11.6 Å². The Morgan fingerprint density at radius 3 is 2.77 bits per heavy atom. The third kappa shape index (κ3) is 3.90. The Kier molecular flexibility index (Phi) is 5.16. The first-order valence-corrected chi connectivity index (χ1v) is 7.88. The van der Waals surface area contributed by atoms with Crippen LogP contribution in [0.4, 0.5) is 0 Å². The molecule has 1 aromatic carbocycles. The lowest BCUT2D eigenvalue weighted by atomic mass is 10.1. The van der Waals surface area contributed by atoms with E-state index in [4.69, 9.17) is 25.9 Å². The number of nitrogens with zero attached hydrogens (tertiary/aromatic N) is 1. The van der Waals surface area contributed by atoms with Crippen molar-refractivity contribution in [3.8, 4) is 0 Å². The topological polar surface area (TPSA) is 45.8 Å². The van der Waals surface area contributed by atoms with E-state index in [0.29, 0.717) is 12.4 Å². The van der Waals surface area contributed by atoms with Crippen LogP contribution in [0.25, 0.3) is 0 Å². The summed E-state index contributed by atoms with van der Waals surface area (Å²) >= 11 is 6.22. The molecule has 0 saturated carbocycles. The molecule has 0 amide bonds. The molecule has 1 unspecified atom stereocenters. The first-order chi connectivity index (χ1) is 10.7. The van der Waals surface area contributed by atoms with Gasteiger partial charge in [-0.2, -0.15) is 0 Å². The molecule has 0 bridgehead atoms. The minimum Gasteiger partial charge on any atom is -0.462 e. The molecule has 4 nitrogen and oxygen atoms in total. The second-order valence-corrected chi connectivity index (χ2v) is 5.96. The lowest BCUT2D eigenvalue weighted by molar-refractivity contribution is -0.0323. The van der Waals surface area contributed by atoms with E-state index in [-0.39, 0.29) is 12.7 Å². The van der Waals surface area contributed by atoms with Gasteiger partial charge in [-0.05, 0) is 23.8 Å². The van der Waals surface area contributed by atoms with Gasteiger partial charge in [0, 0.05) is 24.5 Å². The summed E-state index contributed by atoms with van der Waals surface area (Å²) in [5.41, 5.74) is 1.12. The zero-order valence-electron chi connectivity index (χ0n) is 12.4. The molecule has 1 aromatic heterocycles. The first-order valence-electron chi connectivity index (χ1n) is 7.50. The van der Waals surface area contributed by atoms with Crippen LogP contribution in [-0.4, -0.2) is 35.8 Å². The molecule has 1 saturated heterocycles. The Morgan fingerprint density at radius 2 is 2.00 bits per heavy atom. The summed E-state index contributed by atoms with van der Waals surface area (Å²) in [4.78, 5) is 2.31. The van der Waals surface area contributed by atoms with Gasteiger partial charge in [-0.1, -0.05) is 29.8 Å². The minimum absolute atomic E-state index is 0.0573. The van der Waals surface area contributed by atoms with E-state index in [2.05, 4.69) is 4.90 Å². The lowest BCUT2D eigenvalue weighted by Gasteiger charge is -2.32. The highest BCUT2D eigenvalue weighted by molar-refractivity contribution is 6.31. The molecule has 1 atom stereocenters. The van der Waals surface area contributed by atoms with Gasteiger partial charge in [0.05, 0.1) is 19.3 Å². The summed E-state index contributed by atoms with van der Waals surface area (Å²) in [6.45, 7) is 3.12. The number of ether oxygens (including phenoxy) is 1. The van der Waals surface area contributed by atoms with Crippen LogP contribution >= 0.6 is 11.6 Å². The molecular formula is C17H20ClNO3. The predicted octanol–water partition coefficient (Wildman–Crippen LogP) is 2.87. The monoisotopic (exact) mass is 321 g/mol. The Morgan fingerprint density at radius 1 is 1.18 bits per heavy atom. The van der Waals surface area contributed by atoms with Crippen molar-refractivity contribution in [1.29, 1.82) is 0 Å². The average molecular weight is 322 g/mol. The van der Waals surface area contributed by atoms with Gasteiger partial charge in [0.1, 0.15) is 18.1 Å². The van der Waals surface area contributed by atoms with Gasteiger partial charge in [-0.25, -0.2) is 0 Å². The number of aliphatic hydroxyl groups is 1. The standard InChI is InChI=1S/C17H20ClNO3/c18-17-4-2-1-3-13(17)9-16-11-19(7-8-21-16)10-14-5-6-15(12-20)22-14/h1-6,16,20H,7-12H2. The van der Waals surface area contributed by atoms with Crippen molar-refractivity contribution in [3.05, 3.63) is 58.5 Å². The van der Waals surface area contributed by atoms with E-state index in [9.17, 15) is 0 Å². The smallest absolute Gasteiger partial charge is 0.129 e. The van der Waals surface area contributed by atoms with Gasteiger partial charge in [-0.3, -0.25) is 4.90 Å². The molecule has 118 valence electrons. The third-order valence-electron chi connectivity index (χ3n) is 3.88. The number of halogens is 1. The Balaban J connectivity index is 1.58. The number of furan rings is 1. The van der Waals surface area contributed by atoms with Gasteiger partial charge >= 0.3 is 0 Å². The minimum atomic E-state index is -0.0573. The molecule has 1 aliphatic heterocycles. The zero-order chi connectivity index (χ0) is 15.4. The summed E-state index contributed by atoms with van der Waals surface area (Å²) in [6.07, 6.45) is 0.955. The molecule has 22 heavy (non-hydrogen) atoms. The predicted molar refractivity (Wildman–Crippen MR) is 84.8 cm³/mol. The Bertz CT molecular complexity index is 613. The van der Waals surface area contributed by atoms with Crippen molar-refractivity contribution in [2.75, 3.05) is 19.7 Å². The summed E-state index contributed by atoms with van der Waals surface area (Å²) in [7, 11) is 0. The maximum atomic E-state index is 9.05. The number of hydrogen-bond donors (Lipinski definition) is 1. The second kappa shape index (κ2) is 7.29. The van der Waals surface area contributed by atoms with Crippen molar-refractivity contribution in [1.82, 2.24) is 4.90 Å². The molecule has 1 aliphatic rings. The van der Waals surface area contributed by atoms with Crippen LogP contribution < -0.4 is 0 Å². The maximum absolute atomic E-state index is 9.05. The molecule has 1 N–H and O–H groups in total. The van der Waals surface area contributed by atoms with Crippen LogP contribution in [0.1, 0.15) is 17.1 Å². The van der Waals surface area contributed by atoms with E-state index in [1.807, 2.05) is 36.4 Å². The molecule has 5 heteroatoms. The quantitative estimate of drug-likeness (QED) is 0.920. The van der Waals surface area contributed by atoms with Crippen LogP contribution in [-0.2, 0) is 24.3 Å². The van der Waals surface area contributed by atoms with Gasteiger partial charge in [-0.15, -0.1) is 0 Å². The van der Waals surface area contributed by atoms with E-state index in [1.165, 1.54) is 0 Å². The number of hydrogen-bond acceptors (Lipinski definition) is 4. The fourth-order valence-corrected chi connectivity index (χ4v) is 2.98. The zero-order valence-corrected chi connectivity index (χ0v) is 13.1. The fourth-order valence-electron chi connectivity index (χ4n) is 2.77. The SMILES string of the molecule is OCc1ccc(CN2CCOC(Cc3ccccc3Cl)C2)o1. The molecule has 0 radical (unpaired) electrons. The molecule has 1 fully saturated rings. The van der Waals surface area contributed by atoms with Crippen LogP contribution in [0.2, 0.25) is 5.02 Å². The average Bonchev–Trinajstić information content (AvgIpc) is 2.98. The highest BCUT2D eigenvalue weighted by atomic mass is 35.5. The summed E-state index contributed by atoms with van der Waals surface area (Å²) in [5, 5.41) is 9.84. The lowest BCUT2D eigenvalue weighted by Crippen LogP contribution is -2.42. The summed E-state index contributed by atoms with van der Waals surface area (Å²) in [6, 6.07) is 11.6. The van der Waals surface area contributed by atoms with Crippen LogP contribution in [0.5, 0.6) is 0 Å². The summed E-state index contributed by atoms with van der Waals surface area (Å²) in [5.74, 6) is 1.48. The molecule has 2 aromatic rings. The van der Waals surface area contributed by atoms with Crippen LogP contribution in [0.15, 0.2) is 40.8 Å². The maximum Gasteiger partial charge on any atom is 0.129 e. The number of morpholine rings is 1. The Labute approximate surface area is 135 Å². The molecule has 0 aliphatic carbocycles. The van der Waals surface area contributed by atoms with Crippen molar-refractivity contribution in [3.63, 3.8) is 0 Å². The van der Waals surface area contributed by atoms with E-state index < -0.39 is 0 Å². The van der Waals surface area contributed by atoms with Crippen LogP contribution in [0, 0.1) is 0 Å². The molecular weight excluding hydrogens is 302 g/mol. The molecule has 2 heterocycles. The van der Waals surface area contributed by atoms with Crippen LogP contribution in [0.3, 0.4) is 0 Å². The normalized spacial score (nSPS) is 19.5. The summed E-state index contributed by atoms with van der Waals surface area (Å²) < 4.78 is 11.4. The largest absolute Gasteiger partial charge is 0.462 e. The first kappa shape index (κ1) is 15.6. The molecule has 3 rings (SSSR count). The fraction of sp³-hybridized carbons (Fsp3) is 0.412. The van der Waals surface area contributed by atoms with Crippen molar-refractivity contribution < 1.29 is 14.3 Å². The van der Waals surface area contributed by atoms with E-state index in [1.54, 1.807) is 0 Å². The Hall–Kier alpha value is -1.33.